The van der Waals surface area contributed by atoms with Crippen molar-refractivity contribution >= 4 is 25.0 Å². The number of hydrogen-bond acceptors (Lipinski definition) is 2. The van der Waals surface area contributed by atoms with Crippen molar-refractivity contribution in [2.75, 3.05) is 6.16 Å². The molecule has 0 aromatic rings. The van der Waals surface area contributed by atoms with E-state index in [9.17, 15) is 4.79 Å². The van der Waals surface area contributed by atoms with Crippen molar-refractivity contribution in [1.29, 1.82) is 0 Å². The fourth-order valence-electron chi connectivity index (χ4n) is 0.0712. The Labute approximate surface area is 42.3 Å². The van der Waals surface area contributed by atoms with E-state index in [0.29, 0.717) is 6.16 Å². The molecule has 1 atom stereocenters. The predicted molar refractivity (Wildman–Crippen MR) is 27.9 cm³/mol. The van der Waals surface area contributed by atoms with Crippen molar-refractivity contribution < 1.29 is 4.79 Å². The SMILES string of the molecule is NP(Cl)CC=O. The van der Waals surface area contributed by atoms with Crippen LogP contribution in [0, 0.1) is 0 Å². The molecule has 0 amide bonds. The quantitative estimate of drug-likeness (QED) is 0.436. The summed E-state index contributed by atoms with van der Waals surface area (Å²) in [5, 5.41) is 0. The van der Waals surface area contributed by atoms with E-state index in [1.165, 1.54) is 0 Å². The number of carbonyl (C=O) groups is 1. The van der Waals surface area contributed by atoms with Crippen LogP contribution in [0.2, 0.25) is 0 Å². The number of rotatable bonds is 2. The van der Waals surface area contributed by atoms with Gasteiger partial charge in [0.2, 0.25) is 0 Å². The van der Waals surface area contributed by atoms with Crippen LogP contribution < -0.4 is 5.50 Å². The van der Waals surface area contributed by atoms with Gasteiger partial charge in [-0.2, -0.15) is 0 Å². The molecule has 0 aliphatic heterocycles. The normalized spacial score (nSPS) is 13.7. The third kappa shape index (κ3) is 4.35. The van der Waals surface area contributed by atoms with Gasteiger partial charge in [0.1, 0.15) is 6.29 Å². The van der Waals surface area contributed by atoms with Gasteiger partial charge in [0.15, 0.2) is 0 Å². The number of aldehydes is 1. The summed E-state index contributed by atoms with van der Waals surface area (Å²) in [6, 6.07) is 0. The lowest BCUT2D eigenvalue weighted by atomic mass is 10.9. The maximum Gasteiger partial charge on any atom is 0.126 e. The second-order valence-corrected chi connectivity index (χ2v) is 3.22. The fraction of sp³-hybridized carbons (Fsp3) is 0.500. The molecule has 6 heavy (non-hydrogen) atoms. The highest BCUT2D eigenvalue weighted by molar-refractivity contribution is 7.82. The van der Waals surface area contributed by atoms with Crippen molar-refractivity contribution in [2.24, 2.45) is 5.50 Å². The van der Waals surface area contributed by atoms with E-state index in [4.69, 9.17) is 16.7 Å². The maximum atomic E-state index is 9.47. The zero-order valence-corrected chi connectivity index (χ0v) is 4.75. The lowest BCUT2D eigenvalue weighted by molar-refractivity contribution is -0.105. The molecule has 0 aliphatic rings. The second kappa shape index (κ2) is 3.54. The smallest absolute Gasteiger partial charge is 0.126 e. The van der Waals surface area contributed by atoms with E-state index < -0.39 is 7.43 Å². The van der Waals surface area contributed by atoms with Gasteiger partial charge in [-0.25, -0.2) is 0 Å². The summed E-state index contributed by atoms with van der Waals surface area (Å²) in [7, 11) is -0.996. The molecule has 36 valence electrons. The first-order valence-corrected chi connectivity index (χ1v) is 3.89. The molecule has 0 aromatic heterocycles. The summed E-state index contributed by atoms with van der Waals surface area (Å²) < 4.78 is 0. The first-order valence-electron chi connectivity index (χ1n) is 1.39. The summed E-state index contributed by atoms with van der Waals surface area (Å²) in [6.07, 6.45) is 1.02. The molecule has 2 nitrogen and oxygen atoms in total. The van der Waals surface area contributed by atoms with E-state index in [1.807, 2.05) is 0 Å². The summed E-state index contributed by atoms with van der Waals surface area (Å²) in [4.78, 5) is 9.47. The van der Waals surface area contributed by atoms with Crippen LogP contribution in [-0.2, 0) is 4.79 Å². The van der Waals surface area contributed by atoms with Gasteiger partial charge in [-0.3, -0.25) is 5.50 Å². The molecule has 0 fully saturated rings. The van der Waals surface area contributed by atoms with Gasteiger partial charge in [0, 0.05) is 0 Å². The molecule has 1 unspecified atom stereocenters. The lowest BCUT2D eigenvalue weighted by Crippen LogP contribution is -1.86. The highest BCUT2D eigenvalue weighted by Crippen LogP contribution is 2.28. The molecule has 0 heterocycles. The van der Waals surface area contributed by atoms with Gasteiger partial charge >= 0.3 is 0 Å². The van der Waals surface area contributed by atoms with Crippen LogP contribution in [0.5, 0.6) is 0 Å². The minimum Gasteiger partial charge on any atom is -0.303 e. The Balaban J connectivity index is 2.81. The first-order chi connectivity index (χ1) is 2.77. The monoisotopic (exact) mass is 125 g/mol. The van der Waals surface area contributed by atoms with Crippen LogP contribution >= 0.6 is 18.7 Å². The highest BCUT2D eigenvalue weighted by Gasteiger charge is 1.88. The maximum absolute atomic E-state index is 9.47. The van der Waals surface area contributed by atoms with Crippen LogP contribution in [0.4, 0.5) is 0 Å². The summed E-state index contributed by atoms with van der Waals surface area (Å²) in [5.74, 6) is 0. The molecule has 0 spiro atoms. The van der Waals surface area contributed by atoms with Crippen molar-refractivity contribution in [2.45, 2.75) is 0 Å². The van der Waals surface area contributed by atoms with E-state index in [1.54, 1.807) is 0 Å². The Bertz CT molecular complexity index is 48.8. The van der Waals surface area contributed by atoms with Crippen LogP contribution in [0.1, 0.15) is 0 Å². The molecule has 0 bridgehead atoms. The largest absolute Gasteiger partial charge is 0.303 e. The minimum absolute atomic E-state index is 0.302. The number of carbonyl (C=O) groups excluding carboxylic acids is 1. The van der Waals surface area contributed by atoms with Crippen molar-refractivity contribution in [3.05, 3.63) is 0 Å². The molecule has 0 aromatic carbocycles. The number of halogens is 1. The van der Waals surface area contributed by atoms with Crippen LogP contribution in [0.3, 0.4) is 0 Å². The Morgan fingerprint density at radius 3 is 2.50 bits per heavy atom. The molecular weight excluding hydrogens is 120 g/mol. The molecular formula is C2H5ClNOP. The third-order valence-corrected chi connectivity index (χ3v) is 1.16. The molecule has 0 rings (SSSR count). The van der Waals surface area contributed by atoms with E-state index in [0.717, 1.165) is 6.29 Å². The van der Waals surface area contributed by atoms with Gasteiger partial charge in [0.25, 0.3) is 0 Å². The fourth-order valence-corrected chi connectivity index (χ4v) is 0.383. The average molecular weight is 125 g/mol. The van der Waals surface area contributed by atoms with E-state index in [2.05, 4.69) is 0 Å². The second-order valence-electron chi connectivity index (χ2n) is 0.749. The van der Waals surface area contributed by atoms with Gasteiger partial charge in [-0.1, -0.05) is 11.2 Å². The van der Waals surface area contributed by atoms with Crippen LogP contribution in [0.25, 0.3) is 0 Å². The minimum atomic E-state index is -0.996. The summed E-state index contributed by atoms with van der Waals surface area (Å²) >= 11 is 5.19. The standard InChI is InChI=1S/C2H5ClNOP/c3-6(4)2-1-5/h1H,2,4H2. The molecule has 0 aliphatic carbocycles. The van der Waals surface area contributed by atoms with E-state index in [-0.39, 0.29) is 0 Å². The van der Waals surface area contributed by atoms with Gasteiger partial charge in [-0.05, 0) is 0 Å². The van der Waals surface area contributed by atoms with E-state index >= 15 is 0 Å². The number of nitrogens with two attached hydrogens (primary N) is 1. The molecule has 0 radical (unpaired) electrons. The van der Waals surface area contributed by atoms with Gasteiger partial charge in [0.05, 0.1) is 13.6 Å². The third-order valence-electron chi connectivity index (χ3n) is 0.249. The average Bonchev–Trinajstić information content (AvgIpc) is 1.35. The Hall–Kier alpha value is 0.350. The Kier molecular flexibility index (Phi) is 3.74. The number of hydrogen-bond donors (Lipinski definition) is 1. The van der Waals surface area contributed by atoms with Crippen LogP contribution in [0.15, 0.2) is 0 Å². The van der Waals surface area contributed by atoms with Gasteiger partial charge < -0.3 is 4.79 Å². The molecule has 0 saturated carbocycles. The van der Waals surface area contributed by atoms with Crippen LogP contribution in [-0.4, -0.2) is 12.4 Å². The summed E-state index contributed by atoms with van der Waals surface area (Å²) in [5.41, 5.74) is 5.00. The molecule has 0 saturated heterocycles. The molecule has 4 heteroatoms. The highest BCUT2D eigenvalue weighted by atomic mass is 35.7. The lowest BCUT2D eigenvalue weighted by Gasteiger charge is -1.87. The van der Waals surface area contributed by atoms with Crippen molar-refractivity contribution in [3.8, 4) is 0 Å². The Morgan fingerprint density at radius 1 is 2.00 bits per heavy atom. The first kappa shape index (κ1) is 6.35. The summed E-state index contributed by atoms with van der Waals surface area (Å²) in [6.45, 7) is 0. The van der Waals surface area contributed by atoms with Crippen molar-refractivity contribution in [3.63, 3.8) is 0 Å². The topological polar surface area (TPSA) is 43.1 Å². The van der Waals surface area contributed by atoms with Gasteiger partial charge in [-0.15, -0.1) is 0 Å². The predicted octanol–water partition coefficient (Wildman–Crippen LogP) is 0.695. The van der Waals surface area contributed by atoms with Crippen molar-refractivity contribution in [1.82, 2.24) is 0 Å². The zero-order chi connectivity index (χ0) is 4.99. The zero-order valence-electron chi connectivity index (χ0n) is 3.10. The molecule has 2 N–H and O–H groups in total. The Morgan fingerprint density at radius 2 is 2.50 bits per heavy atom.